The summed E-state index contributed by atoms with van der Waals surface area (Å²) < 4.78 is 35.6. The van der Waals surface area contributed by atoms with Crippen LogP contribution in [0.3, 0.4) is 0 Å². The summed E-state index contributed by atoms with van der Waals surface area (Å²) in [4.78, 5) is 11.3. The van der Waals surface area contributed by atoms with Crippen molar-refractivity contribution in [1.82, 2.24) is 5.32 Å². The van der Waals surface area contributed by atoms with Gasteiger partial charge < -0.3 is 5.32 Å². The minimum absolute atomic E-state index is 0.0556. The molecule has 94 valence electrons. The van der Waals surface area contributed by atoms with Crippen LogP contribution in [-0.2, 0) is 4.79 Å². The molecular weight excluding hydrogens is 231 g/mol. The number of alkyl halides is 3. The zero-order chi connectivity index (χ0) is 12.9. The summed E-state index contributed by atoms with van der Waals surface area (Å²) in [5.74, 6) is -0.678. The lowest BCUT2D eigenvalue weighted by Crippen LogP contribution is -2.34. The topological polar surface area (TPSA) is 29.1 Å². The van der Waals surface area contributed by atoms with Crippen molar-refractivity contribution in [2.75, 3.05) is 6.54 Å². The maximum Gasteiger partial charge on any atom is 0.405 e. The molecule has 2 nitrogen and oxygen atoms in total. The van der Waals surface area contributed by atoms with Crippen molar-refractivity contribution in [3.05, 3.63) is 35.9 Å². The number of nitrogens with one attached hydrogen (secondary N) is 1. The lowest BCUT2D eigenvalue weighted by molar-refractivity contribution is -0.138. The molecule has 0 aliphatic heterocycles. The number of hydrogen-bond acceptors (Lipinski definition) is 1. The molecule has 0 aromatic heterocycles. The highest BCUT2D eigenvalue weighted by Gasteiger charge is 2.27. The lowest BCUT2D eigenvalue weighted by atomic mass is 9.98. The Bertz CT molecular complexity index is 362. The Morgan fingerprint density at radius 1 is 1.29 bits per heavy atom. The maximum absolute atomic E-state index is 11.9. The molecule has 0 radical (unpaired) electrons. The minimum atomic E-state index is -4.36. The Balaban J connectivity index is 2.42. The highest BCUT2D eigenvalue weighted by atomic mass is 19.4. The van der Waals surface area contributed by atoms with Crippen LogP contribution >= 0.6 is 0 Å². The third kappa shape index (κ3) is 5.38. The van der Waals surface area contributed by atoms with Crippen LogP contribution in [-0.4, -0.2) is 18.6 Å². The first-order valence-corrected chi connectivity index (χ1v) is 5.27. The lowest BCUT2D eigenvalue weighted by Gasteiger charge is -2.12. The first-order valence-electron chi connectivity index (χ1n) is 5.27. The summed E-state index contributed by atoms with van der Waals surface area (Å²) in [6, 6.07) is 9.21. The molecule has 0 saturated carbocycles. The van der Waals surface area contributed by atoms with Gasteiger partial charge in [0.15, 0.2) is 0 Å². The fourth-order valence-corrected chi connectivity index (χ4v) is 1.45. The molecule has 0 fully saturated rings. The predicted molar refractivity (Wildman–Crippen MR) is 58.5 cm³/mol. The van der Waals surface area contributed by atoms with Crippen molar-refractivity contribution in [3.8, 4) is 0 Å². The van der Waals surface area contributed by atoms with Crippen molar-refractivity contribution in [3.63, 3.8) is 0 Å². The van der Waals surface area contributed by atoms with Crippen molar-refractivity contribution < 1.29 is 18.0 Å². The van der Waals surface area contributed by atoms with E-state index in [1.54, 1.807) is 0 Å². The Hall–Kier alpha value is -1.52. The third-order valence-electron chi connectivity index (χ3n) is 2.35. The molecule has 5 heteroatoms. The molecule has 1 aromatic rings. The number of amides is 1. The van der Waals surface area contributed by atoms with Crippen LogP contribution in [0.1, 0.15) is 24.8 Å². The summed E-state index contributed by atoms with van der Waals surface area (Å²) in [5.41, 5.74) is 0.939. The number of carbonyl (C=O) groups is 1. The van der Waals surface area contributed by atoms with Gasteiger partial charge in [-0.1, -0.05) is 37.3 Å². The van der Waals surface area contributed by atoms with E-state index >= 15 is 0 Å². The molecule has 1 atom stereocenters. The molecule has 1 unspecified atom stereocenters. The van der Waals surface area contributed by atoms with E-state index in [1.807, 2.05) is 42.6 Å². The van der Waals surface area contributed by atoms with E-state index in [0.29, 0.717) is 0 Å². The van der Waals surface area contributed by atoms with E-state index in [9.17, 15) is 18.0 Å². The molecule has 0 saturated heterocycles. The quantitative estimate of drug-likeness (QED) is 0.868. The van der Waals surface area contributed by atoms with Crippen LogP contribution in [0.5, 0.6) is 0 Å². The van der Waals surface area contributed by atoms with Gasteiger partial charge in [0, 0.05) is 6.42 Å². The van der Waals surface area contributed by atoms with Crippen LogP contribution in [0.2, 0.25) is 0 Å². The van der Waals surface area contributed by atoms with Gasteiger partial charge in [0.2, 0.25) is 5.91 Å². The fourth-order valence-electron chi connectivity index (χ4n) is 1.45. The molecule has 1 N–H and O–H groups in total. The molecule has 0 aliphatic carbocycles. The molecule has 1 aromatic carbocycles. The second kappa shape index (κ2) is 5.70. The van der Waals surface area contributed by atoms with E-state index < -0.39 is 18.6 Å². The smallest absolute Gasteiger partial charge is 0.347 e. The normalized spacial score (nSPS) is 13.2. The van der Waals surface area contributed by atoms with Crippen LogP contribution < -0.4 is 5.32 Å². The average Bonchev–Trinajstić information content (AvgIpc) is 2.27. The number of hydrogen-bond donors (Lipinski definition) is 1. The number of carbonyl (C=O) groups excluding carboxylic acids is 1. The Kier molecular flexibility index (Phi) is 4.54. The Morgan fingerprint density at radius 3 is 2.41 bits per heavy atom. The number of halogens is 3. The molecule has 0 spiro atoms. The van der Waals surface area contributed by atoms with Gasteiger partial charge in [0.1, 0.15) is 6.54 Å². The largest absolute Gasteiger partial charge is 0.405 e. The van der Waals surface area contributed by atoms with Gasteiger partial charge in [-0.25, -0.2) is 0 Å². The predicted octanol–water partition coefficient (Wildman–Crippen LogP) is 2.86. The Labute approximate surface area is 97.8 Å². The van der Waals surface area contributed by atoms with Gasteiger partial charge in [-0.15, -0.1) is 0 Å². The van der Waals surface area contributed by atoms with E-state index in [1.165, 1.54) is 0 Å². The van der Waals surface area contributed by atoms with Crippen molar-refractivity contribution in [2.45, 2.75) is 25.4 Å². The Morgan fingerprint density at radius 2 is 1.88 bits per heavy atom. The van der Waals surface area contributed by atoms with Gasteiger partial charge in [-0.2, -0.15) is 13.2 Å². The summed E-state index contributed by atoms with van der Waals surface area (Å²) in [7, 11) is 0. The molecule has 1 amide bonds. The summed E-state index contributed by atoms with van der Waals surface area (Å²) in [6.45, 7) is 0.538. The van der Waals surface area contributed by atoms with Gasteiger partial charge in [-0.05, 0) is 11.5 Å². The van der Waals surface area contributed by atoms with Crippen molar-refractivity contribution in [2.24, 2.45) is 0 Å². The van der Waals surface area contributed by atoms with Crippen molar-refractivity contribution >= 4 is 5.91 Å². The number of benzene rings is 1. The maximum atomic E-state index is 11.9. The second-order valence-electron chi connectivity index (χ2n) is 3.91. The van der Waals surface area contributed by atoms with Gasteiger partial charge in [0.05, 0.1) is 0 Å². The highest BCUT2D eigenvalue weighted by molar-refractivity contribution is 5.76. The SMILES string of the molecule is CC(CC(=O)NCC(F)(F)F)c1ccccc1. The molecule has 0 bridgehead atoms. The highest BCUT2D eigenvalue weighted by Crippen LogP contribution is 2.18. The van der Waals surface area contributed by atoms with Crippen LogP contribution in [0.4, 0.5) is 13.2 Å². The van der Waals surface area contributed by atoms with Crippen LogP contribution in [0.15, 0.2) is 30.3 Å². The van der Waals surface area contributed by atoms with E-state index in [2.05, 4.69) is 0 Å². The number of rotatable bonds is 4. The fraction of sp³-hybridized carbons (Fsp3) is 0.417. The van der Waals surface area contributed by atoms with Crippen LogP contribution in [0.25, 0.3) is 0 Å². The van der Waals surface area contributed by atoms with E-state index in [-0.39, 0.29) is 12.3 Å². The summed E-state index contributed by atoms with van der Waals surface area (Å²) >= 11 is 0. The molecule has 1 rings (SSSR count). The van der Waals surface area contributed by atoms with Gasteiger partial charge in [-0.3, -0.25) is 4.79 Å². The zero-order valence-electron chi connectivity index (χ0n) is 9.42. The molecule has 17 heavy (non-hydrogen) atoms. The van der Waals surface area contributed by atoms with E-state index in [0.717, 1.165) is 5.56 Å². The van der Waals surface area contributed by atoms with Crippen LogP contribution in [0, 0.1) is 0 Å². The third-order valence-corrected chi connectivity index (χ3v) is 2.35. The van der Waals surface area contributed by atoms with Gasteiger partial charge in [0.25, 0.3) is 0 Å². The summed E-state index contributed by atoms with van der Waals surface area (Å²) in [6.07, 6.45) is -4.30. The van der Waals surface area contributed by atoms with Gasteiger partial charge >= 0.3 is 6.18 Å². The molecule has 0 heterocycles. The first-order chi connectivity index (χ1) is 7.88. The first kappa shape index (κ1) is 13.5. The average molecular weight is 245 g/mol. The van der Waals surface area contributed by atoms with Crippen molar-refractivity contribution in [1.29, 1.82) is 0 Å². The zero-order valence-corrected chi connectivity index (χ0v) is 9.42. The summed E-state index contributed by atoms with van der Waals surface area (Å²) in [5, 5.41) is 1.86. The second-order valence-corrected chi connectivity index (χ2v) is 3.91. The van der Waals surface area contributed by atoms with E-state index in [4.69, 9.17) is 0 Å². The standard InChI is InChI=1S/C12H14F3NO/c1-9(10-5-3-2-4-6-10)7-11(17)16-8-12(13,14)15/h2-6,9H,7-8H2,1H3,(H,16,17). The minimum Gasteiger partial charge on any atom is -0.347 e. The molecule has 0 aliphatic rings. The monoisotopic (exact) mass is 245 g/mol. The molecular formula is C12H14F3NO.